The normalized spacial score (nSPS) is 20.6. The van der Waals surface area contributed by atoms with Crippen molar-refractivity contribution in [3.8, 4) is 0 Å². The third kappa shape index (κ3) is 3.00. The number of amides is 1. The monoisotopic (exact) mass is 337 g/mol. The number of ether oxygens (including phenoxy) is 2. The van der Waals surface area contributed by atoms with Gasteiger partial charge >= 0.3 is 11.9 Å². The molecule has 1 fully saturated rings. The third-order valence-corrected chi connectivity index (χ3v) is 4.56. The summed E-state index contributed by atoms with van der Waals surface area (Å²) in [6.07, 6.45) is 1.08. The Hall–Kier alpha value is -2.38. The molecule has 0 spiro atoms. The molecular weight excluding hydrogens is 314 g/mol. The van der Waals surface area contributed by atoms with Crippen LogP contribution in [0.1, 0.15) is 34.6 Å². The summed E-state index contributed by atoms with van der Waals surface area (Å²) in [7, 11) is 4.27. The van der Waals surface area contributed by atoms with Crippen LogP contribution in [0.4, 0.5) is 0 Å². The molecule has 2 rings (SSSR count). The van der Waals surface area contributed by atoms with Gasteiger partial charge in [-0.05, 0) is 26.7 Å². The highest BCUT2D eigenvalue weighted by molar-refractivity contribution is 6.00. The van der Waals surface area contributed by atoms with Crippen molar-refractivity contribution in [2.75, 3.05) is 20.8 Å². The first kappa shape index (κ1) is 18.0. The van der Waals surface area contributed by atoms with Crippen molar-refractivity contribution in [3.63, 3.8) is 0 Å². The van der Waals surface area contributed by atoms with Crippen LogP contribution >= 0.6 is 0 Å². The van der Waals surface area contributed by atoms with Crippen LogP contribution in [-0.4, -0.2) is 59.3 Å². The minimum atomic E-state index is -0.984. The van der Waals surface area contributed by atoms with Gasteiger partial charge in [0.2, 0.25) is 0 Å². The standard InChI is InChI=1S/C16H23N3O5/c1-9-12(10(2)18(3)17-9)14(20)19-8-6-7-11(15(21)23-4)13(19)16(22)24-5/h11,13H,6-8H2,1-5H3/t11-,13+/m0/s1. The lowest BCUT2D eigenvalue weighted by Crippen LogP contribution is -2.55. The van der Waals surface area contributed by atoms with Gasteiger partial charge in [-0.3, -0.25) is 14.3 Å². The van der Waals surface area contributed by atoms with Gasteiger partial charge in [0.1, 0.15) is 6.04 Å². The van der Waals surface area contributed by atoms with Crippen molar-refractivity contribution in [1.82, 2.24) is 14.7 Å². The van der Waals surface area contributed by atoms with E-state index in [1.54, 1.807) is 25.6 Å². The number of likely N-dealkylation sites (tertiary alicyclic amines) is 1. The molecule has 8 nitrogen and oxygen atoms in total. The first-order valence-corrected chi connectivity index (χ1v) is 7.80. The summed E-state index contributed by atoms with van der Waals surface area (Å²) >= 11 is 0. The van der Waals surface area contributed by atoms with Crippen LogP contribution in [0.5, 0.6) is 0 Å². The van der Waals surface area contributed by atoms with E-state index in [2.05, 4.69) is 5.10 Å². The number of methoxy groups -OCH3 is 2. The summed E-state index contributed by atoms with van der Waals surface area (Å²) in [4.78, 5) is 38.8. The molecule has 1 amide bonds. The van der Waals surface area contributed by atoms with Crippen LogP contribution in [0, 0.1) is 19.8 Å². The minimum absolute atomic E-state index is 0.317. The zero-order valence-electron chi connectivity index (χ0n) is 14.7. The molecule has 0 saturated carbocycles. The van der Waals surface area contributed by atoms with Gasteiger partial charge in [0.15, 0.2) is 0 Å². The molecule has 0 N–H and O–H groups in total. The maximum Gasteiger partial charge on any atom is 0.329 e. The molecule has 8 heteroatoms. The van der Waals surface area contributed by atoms with Crippen LogP contribution in [0.3, 0.4) is 0 Å². The summed E-state index contributed by atoms with van der Waals surface area (Å²) in [6, 6.07) is -0.984. The molecule has 1 aromatic rings. The van der Waals surface area contributed by atoms with Gasteiger partial charge in [-0.2, -0.15) is 5.10 Å². The number of carbonyl (C=O) groups is 3. The molecule has 0 aliphatic carbocycles. The Morgan fingerprint density at radius 3 is 2.25 bits per heavy atom. The lowest BCUT2D eigenvalue weighted by atomic mass is 9.88. The second-order valence-corrected chi connectivity index (χ2v) is 5.91. The summed E-state index contributed by atoms with van der Waals surface area (Å²) in [5, 5.41) is 4.25. The number of hydrogen-bond donors (Lipinski definition) is 0. The highest BCUT2D eigenvalue weighted by Crippen LogP contribution is 2.28. The van der Waals surface area contributed by atoms with Gasteiger partial charge in [0.05, 0.1) is 31.4 Å². The van der Waals surface area contributed by atoms with Crippen LogP contribution < -0.4 is 0 Å². The predicted molar refractivity (Wildman–Crippen MR) is 84.3 cm³/mol. The molecule has 0 bridgehead atoms. The SMILES string of the molecule is COC(=O)[C@H]1CCCN(C(=O)c2c(C)nn(C)c2C)[C@H]1C(=O)OC. The van der Waals surface area contributed by atoms with E-state index in [1.165, 1.54) is 19.1 Å². The number of aryl methyl sites for hydroxylation is 2. The van der Waals surface area contributed by atoms with E-state index in [9.17, 15) is 14.4 Å². The van der Waals surface area contributed by atoms with Crippen molar-refractivity contribution in [3.05, 3.63) is 17.0 Å². The van der Waals surface area contributed by atoms with Gasteiger partial charge < -0.3 is 14.4 Å². The maximum atomic E-state index is 13.1. The molecule has 24 heavy (non-hydrogen) atoms. The van der Waals surface area contributed by atoms with Crippen molar-refractivity contribution >= 4 is 17.8 Å². The molecule has 1 aliphatic rings. The lowest BCUT2D eigenvalue weighted by Gasteiger charge is -2.38. The number of esters is 2. The highest BCUT2D eigenvalue weighted by Gasteiger charge is 2.45. The van der Waals surface area contributed by atoms with Gasteiger partial charge in [-0.1, -0.05) is 0 Å². The van der Waals surface area contributed by atoms with E-state index in [1.807, 2.05) is 0 Å². The number of piperidine rings is 1. The molecule has 0 unspecified atom stereocenters. The van der Waals surface area contributed by atoms with Gasteiger partial charge in [-0.25, -0.2) is 4.79 Å². The quantitative estimate of drug-likeness (QED) is 0.750. The van der Waals surface area contributed by atoms with Gasteiger partial charge in [0, 0.05) is 19.3 Å². The molecule has 132 valence electrons. The Labute approximate surface area is 140 Å². The first-order chi connectivity index (χ1) is 11.3. The Morgan fingerprint density at radius 2 is 1.75 bits per heavy atom. The van der Waals surface area contributed by atoms with Gasteiger partial charge in [-0.15, -0.1) is 0 Å². The van der Waals surface area contributed by atoms with Crippen LogP contribution in [-0.2, 0) is 26.1 Å². The largest absolute Gasteiger partial charge is 0.469 e. The van der Waals surface area contributed by atoms with E-state index in [4.69, 9.17) is 9.47 Å². The van der Waals surface area contributed by atoms with Gasteiger partial charge in [0.25, 0.3) is 5.91 Å². The van der Waals surface area contributed by atoms with Crippen molar-refractivity contribution < 1.29 is 23.9 Å². The van der Waals surface area contributed by atoms with Crippen molar-refractivity contribution in [1.29, 1.82) is 0 Å². The van der Waals surface area contributed by atoms with Crippen molar-refractivity contribution in [2.24, 2.45) is 13.0 Å². The number of nitrogens with zero attached hydrogens (tertiary/aromatic N) is 3. The molecule has 1 aromatic heterocycles. The van der Waals surface area contributed by atoms with E-state index < -0.39 is 23.9 Å². The first-order valence-electron chi connectivity index (χ1n) is 7.80. The zero-order valence-corrected chi connectivity index (χ0v) is 14.7. The number of carbonyl (C=O) groups excluding carboxylic acids is 3. The summed E-state index contributed by atoms with van der Waals surface area (Å²) in [5.41, 5.74) is 1.75. The second kappa shape index (κ2) is 7.02. The average molecular weight is 337 g/mol. The minimum Gasteiger partial charge on any atom is -0.469 e. The van der Waals surface area contributed by atoms with Crippen LogP contribution in [0.15, 0.2) is 0 Å². The molecule has 1 aliphatic heterocycles. The molecule has 2 heterocycles. The molecule has 2 atom stereocenters. The number of hydrogen-bond acceptors (Lipinski definition) is 6. The van der Waals surface area contributed by atoms with E-state index in [0.29, 0.717) is 36.3 Å². The van der Waals surface area contributed by atoms with E-state index in [0.717, 1.165) is 0 Å². The fourth-order valence-electron chi connectivity index (χ4n) is 3.26. The number of rotatable bonds is 3. The zero-order chi connectivity index (χ0) is 18.0. The molecule has 1 saturated heterocycles. The molecule has 0 aromatic carbocycles. The fourth-order valence-corrected chi connectivity index (χ4v) is 3.26. The Balaban J connectivity index is 2.43. The van der Waals surface area contributed by atoms with Crippen molar-refractivity contribution in [2.45, 2.75) is 32.7 Å². The Bertz CT molecular complexity index is 667. The fraction of sp³-hybridized carbons (Fsp3) is 0.625. The summed E-state index contributed by atoms with van der Waals surface area (Å²) in [6.45, 7) is 3.91. The smallest absolute Gasteiger partial charge is 0.329 e. The molecular formula is C16H23N3O5. The van der Waals surface area contributed by atoms with Crippen LogP contribution in [0.25, 0.3) is 0 Å². The topological polar surface area (TPSA) is 90.7 Å². The second-order valence-electron chi connectivity index (χ2n) is 5.91. The summed E-state index contributed by atoms with van der Waals surface area (Å²) < 4.78 is 11.3. The Morgan fingerprint density at radius 1 is 1.12 bits per heavy atom. The summed E-state index contributed by atoms with van der Waals surface area (Å²) in [5.74, 6) is -2.17. The Kier molecular flexibility index (Phi) is 5.26. The third-order valence-electron chi connectivity index (χ3n) is 4.56. The lowest BCUT2D eigenvalue weighted by molar-refractivity contribution is -0.160. The maximum absolute atomic E-state index is 13.1. The van der Waals surface area contributed by atoms with E-state index >= 15 is 0 Å². The number of aromatic nitrogens is 2. The highest BCUT2D eigenvalue weighted by atomic mass is 16.5. The predicted octanol–water partition coefficient (Wildman–Crippen LogP) is 0.604. The average Bonchev–Trinajstić information content (AvgIpc) is 2.84. The van der Waals surface area contributed by atoms with E-state index in [-0.39, 0.29) is 5.91 Å². The van der Waals surface area contributed by atoms with Crippen LogP contribution in [0.2, 0.25) is 0 Å². The molecule has 0 radical (unpaired) electrons.